The molecule has 9 heteroatoms. The van der Waals surface area contributed by atoms with Crippen molar-refractivity contribution in [2.75, 3.05) is 49.7 Å². The van der Waals surface area contributed by atoms with Crippen LogP contribution in [0.15, 0.2) is 23.0 Å². The Morgan fingerprint density at radius 1 is 1.17 bits per heavy atom. The molecular weight excluding hydrogens is 376 g/mol. The topological polar surface area (TPSA) is 106 Å². The van der Waals surface area contributed by atoms with Crippen molar-refractivity contribution in [3.63, 3.8) is 0 Å². The number of fused-ring (bicyclic) bond motifs is 1. The van der Waals surface area contributed by atoms with Gasteiger partial charge in [0.05, 0.1) is 13.2 Å². The van der Waals surface area contributed by atoms with Gasteiger partial charge in [0.1, 0.15) is 13.2 Å². The van der Waals surface area contributed by atoms with Crippen LogP contribution in [0.5, 0.6) is 11.5 Å². The molecule has 0 atom stereocenters. The Hall–Kier alpha value is -3.07. The summed E-state index contributed by atoms with van der Waals surface area (Å²) in [4.78, 5) is 34.2. The smallest absolute Gasteiger partial charge is 0.255 e. The zero-order chi connectivity index (χ0) is 20.2. The average molecular weight is 400 g/mol. The highest BCUT2D eigenvalue weighted by Gasteiger charge is 2.17. The number of benzene rings is 1. The molecule has 0 unspecified atom stereocenters. The Morgan fingerprint density at radius 2 is 1.93 bits per heavy atom. The van der Waals surface area contributed by atoms with Gasteiger partial charge in [-0.15, -0.1) is 0 Å². The molecule has 2 aliphatic rings. The van der Waals surface area contributed by atoms with E-state index in [-0.39, 0.29) is 17.9 Å². The largest absolute Gasteiger partial charge is 0.486 e. The second kappa shape index (κ2) is 8.52. The molecule has 4 rings (SSSR count). The number of H-pyrrole nitrogens is 1. The number of hydrogen-bond acceptors (Lipinski definition) is 7. The zero-order valence-electron chi connectivity index (χ0n) is 16.3. The van der Waals surface area contributed by atoms with E-state index in [4.69, 9.17) is 14.2 Å². The zero-order valence-corrected chi connectivity index (χ0v) is 16.3. The van der Waals surface area contributed by atoms with E-state index in [1.807, 2.05) is 4.90 Å². The van der Waals surface area contributed by atoms with Crippen molar-refractivity contribution >= 4 is 17.5 Å². The number of hydrogen-bond donors (Lipinski definition) is 2. The number of amides is 1. The van der Waals surface area contributed by atoms with Crippen molar-refractivity contribution in [3.8, 4) is 11.5 Å². The Labute approximate surface area is 168 Å². The number of anilines is 2. The van der Waals surface area contributed by atoms with Gasteiger partial charge >= 0.3 is 0 Å². The van der Waals surface area contributed by atoms with Crippen molar-refractivity contribution in [1.82, 2.24) is 9.97 Å². The van der Waals surface area contributed by atoms with Crippen LogP contribution < -0.4 is 25.2 Å². The van der Waals surface area contributed by atoms with Crippen LogP contribution in [-0.4, -0.2) is 55.4 Å². The lowest BCUT2D eigenvalue weighted by Gasteiger charge is -2.27. The van der Waals surface area contributed by atoms with Gasteiger partial charge < -0.3 is 24.4 Å². The van der Waals surface area contributed by atoms with E-state index in [1.54, 1.807) is 25.1 Å². The molecular formula is C20H24N4O5. The standard InChI is InChI=1S/C20H24N4O5/c1-13-15(19(26)23-20(21-13)24-6-8-27-9-7-24)3-5-18(25)22-14-2-4-16-17(12-14)29-11-10-28-16/h2,4,12H,3,5-11H2,1H3,(H,22,25)(H,21,23,26). The Balaban J connectivity index is 1.38. The van der Waals surface area contributed by atoms with Gasteiger partial charge in [0.15, 0.2) is 11.5 Å². The molecule has 3 heterocycles. The summed E-state index contributed by atoms with van der Waals surface area (Å²) in [6.07, 6.45) is 0.491. The molecule has 0 aliphatic carbocycles. The number of aryl methyl sites for hydroxylation is 1. The normalized spacial score (nSPS) is 15.8. The summed E-state index contributed by atoms with van der Waals surface area (Å²) < 4.78 is 16.3. The van der Waals surface area contributed by atoms with Gasteiger partial charge in [0.2, 0.25) is 11.9 Å². The van der Waals surface area contributed by atoms with E-state index >= 15 is 0 Å². The van der Waals surface area contributed by atoms with Crippen molar-refractivity contribution in [1.29, 1.82) is 0 Å². The maximum Gasteiger partial charge on any atom is 0.255 e. The lowest BCUT2D eigenvalue weighted by Crippen LogP contribution is -2.38. The molecule has 9 nitrogen and oxygen atoms in total. The van der Waals surface area contributed by atoms with Crippen LogP contribution in [0.1, 0.15) is 17.7 Å². The molecule has 1 saturated heterocycles. The van der Waals surface area contributed by atoms with Crippen LogP contribution in [0.3, 0.4) is 0 Å². The van der Waals surface area contributed by atoms with Gasteiger partial charge in [0.25, 0.3) is 5.56 Å². The molecule has 2 N–H and O–H groups in total. The second-order valence-electron chi connectivity index (χ2n) is 6.96. The van der Waals surface area contributed by atoms with E-state index in [2.05, 4.69) is 15.3 Å². The fraction of sp³-hybridized carbons (Fsp3) is 0.450. The summed E-state index contributed by atoms with van der Waals surface area (Å²) >= 11 is 0. The molecule has 0 bridgehead atoms. The van der Waals surface area contributed by atoms with Crippen LogP contribution in [-0.2, 0) is 16.0 Å². The first-order chi connectivity index (χ1) is 14.1. The van der Waals surface area contributed by atoms with Crippen molar-refractivity contribution in [2.24, 2.45) is 0 Å². The SMILES string of the molecule is Cc1nc(N2CCOCC2)[nH]c(=O)c1CCC(=O)Nc1ccc2c(c1)OCCO2. The first-order valence-corrected chi connectivity index (χ1v) is 9.72. The van der Waals surface area contributed by atoms with Gasteiger partial charge in [-0.25, -0.2) is 4.98 Å². The monoisotopic (exact) mass is 400 g/mol. The molecule has 1 aromatic heterocycles. The summed E-state index contributed by atoms with van der Waals surface area (Å²) in [7, 11) is 0. The molecule has 1 amide bonds. The molecule has 1 aromatic carbocycles. The highest BCUT2D eigenvalue weighted by Crippen LogP contribution is 2.32. The van der Waals surface area contributed by atoms with Gasteiger partial charge in [-0.05, 0) is 25.5 Å². The molecule has 0 saturated carbocycles. The second-order valence-corrected chi connectivity index (χ2v) is 6.96. The molecule has 2 aliphatic heterocycles. The third kappa shape index (κ3) is 4.51. The Bertz CT molecular complexity index is 952. The average Bonchev–Trinajstić information content (AvgIpc) is 2.73. The lowest BCUT2D eigenvalue weighted by atomic mass is 10.1. The lowest BCUT2D eigenvalue weighted by molar-refractivity contribution is -0.116. The van der Waals surface area contributed by atoms with E-state index in [1.165, 1.54) is 0 Å². The number of aromatic nitrogens is 2. The number of nitrogens with one attached hydrogen (secondary N) is 2. The summed E-state index contributed by atoms with van der Waals surface area (Å²) in [5.41, 5.74) is 1.60. The van der Waals surface area contributed by atoms with Crippen LogP contribution in [0.4, 0.5) is 11.6 Å². The number of carbonyl (C=O) groups is 1. The number of rotatable bonds is 5. The Morgan fingerprint density at radius 3 is 2.69 bits per heavy atom. The highest BCUT2D eigenvalue weighted by atomic mass is 16.6. The highest BCUT2D eigenvalue weighted by molar-refractivity contribution is 5.91. The van der Waals surface area contributed by atoms with E-state index in [0.717, 1.165) is 0 Å². The predicted molar refractivity (Wildman–Crippen MR) is 107 cm³/mol. The first kappa shape index (κ1) is 19.3. The van der Waals surface area contributed by atoms with Crippen LogP contribution in [0, 0.1) is 6.92 Å². The molecule has 2 aromatic rings. The van der Waals surface area contributed by atoms with E-state index in [9.17, 15) is 9.59 Å². The minimum atomic E-state index is -0.203. The summed E-state index contributed by atoms with van der Waals surface area (Å²) in [6, 6.07) is 5.28. The quantitative estimate of drug-likeness (QED) is 0.778. The van der Waals surface area contributed by atoms with Gasteiger partial charge in [-0.3, -0.25) is 14.6 Å². The van der Waals surface area contributed by atoms with E-state index < -0.39 is 0 Å². The minimum Gasteiger partial charge on any atom is -0.486 e. The number of nitrogens with zero attached hydrogens (tertiary/aromatic N) is 2. The molecule has 0 spiro atoms. The van der Waals surface area contributed by atoms with Crippen LogP contribution in [0.25, 0.3) is 0 Å². The third-order valence-electron chi connectivity index (χ3n) is 4.95. The number of morpholine rings is 1. The fourth-order valence-corrected chi connectivity index (χ4v) is 3.40. The molecule has 0 radical (unpaired) electrons. The van der Waals surface area contributed by atoms with Crippen LogP contribution >= 0.6 is 0 Å². The van der Waals surface area contributed by atoms with Gasteiger partial charge in [0, 0.05) is 42.5 Å². The fourth-order valence-electron chi connectivity index (χ4n) is 3.40. The summed E-state index contributed by atoms with van der Waals surface area (Å²) in [5.74, 6) is 1.66. The maximum atomic E-state index is 12.5. The van der Waals surface area contributed by atoms with Gasteiger partial charge in [-0.2, -0.15) is 0 Å². The van der Waals surface area contributed by atoms with Gasteiger partial charge in [-0.1, -0.05) is 0 Å². The van der Waals surface area contributed by atoms with Crippen molar-refractivity contribution in [3.05, 3.63) is 39.8 Å². The number of ether oxygens (including phenoxy) is 3. The number of carbonyl (C=O) groups excluding carboxylic acids is 1. The Kier molecular flexibility index (Phi) is 5.66. The first-order valence-electron chi connectivity index (χ1n) is 9.72. The molecule has 1 fully saturated rings. The number of aromatic amines is 1. The van der Waals surface area contributed by atoms with E-state index in [0.29, 0.717) is 80.3 Å². The predicted octanol–water partition coefficient (Wildman–Crippen LogP) is 1.26. The maximum absolute atomic E-state index is 12.5. The van der Waals surface area contributed by atoms with Crippen molar-refractivity contribution < 1.29 is 19.0 Å². The summed E-state index contributed by atoms with van der Waals surface area (Å²) in [5, 5.41) is 2.84. The summed E-state index contributed by atoms with van der Waals surface area (Å²) in [6.45, 7) is 5.42. The minimum absolute atomic E-state index is 0.178. The third-order valence-corrected chi connectivity index (χ3v) is 4.95. The van der Waals surface area contributed by atoms with Crippen LogP contribution in [0.2, 0.25) is 0 Å². The molecule has 29 heavy (non-hydrogen) atoms. The van der Waals surface area contributed by atoms with Crippen molar-refractivity contribution in [2.45, 2.75) is 19.8 Å². The molecule has 154 valence electrons.